The van der Waals surface area contributed by atoms with Crippen LogP contribution in [0.1, 0.15) is 66.3 Å². The van der Waals surface area contributed by atoms with Gasteiger partial charge >= 0.3 is 0 Å². The number of benzene rings is 2. The van der Waals surface area contributed by atoms with E-state index in [4.69, 9.17) is 18.9 Å². The number of hydrogen-bond acceptors (Lipinski definition) is 9. The highest BCUT2D eigenvalue weighted by molar-refractivity contribution is 6.05. The lowest BCUT2D eigenvalue weighted by molar-refractivity contribution is -0.0177. The Morgan fingerprint density at radius 2 is 1.83 bits per heavy atom. The van der Waals surface area contributed by atoms with Gasteiger partial charge in [0.1, 0.15) is 5.75 Å². The summed E-state index contributed by atoms with van der Waals surface area (Å²) in [6.45, 7) is 8.21. The molecule has 3 heterocycles. The highest BCUT2D eigenvalue weighted by Crippen LogP contribution is 2.33. The minimum Gasteiger partial charge on any atom is -0.490 e. The number of amides is 2. The number of hydrogen-bond donors (Lipinski definition) is 2. The van der Waals surface area contributed by atoms with Crippen molar-refractivity contribution >= 4 is 17.5 Å². The second-order valence-electron chi connectivity index (χ2n) is 12.6. The number of carbonyl (C=O) groups excluding carboxylic acids is 2. The SMILES string of the molecule is C[C@@H]1CCCCO[C@@H](CN(C)Cc2ccc3c(c2)OCO3)[C@@H](C)CN([C@@H](C)CO)C(=O)c2cc(NC(=O)c3ccncc3)ccc2O1. The molecule has 11 nitrogen and oxygen atoms in total. The zero-order valence-electron chi connectivity index (χ0n) is 27.7. The Kier molecular flexibility index (Phi) is 11.7. The van der Waals surface area contributed by atoms with E-state index in [-0.39, 0.29) is 43.3 Å². The monoisotopic (exact) mass is 646 g/mol. The average Bonchev–Trinajstić information content (AvgIpc) is 3.54. The molecule has 1 aromatic heterocycles. The molecule has 5 rings (SSSR count). The van der Waals surface area contributed by atoms with Gasteiger partial charge in [0.25, 0.3) is 11.8 Å². The number of ether oxygens (including phenoxy) is 4. The lowest BCUT2D eigenvalue weighted by Gasteiger charge is -2.36. The summed E-state index contributed by atoms with van der Waals surface area (Å²) in [7, 11) is 2.06. The third kappa shape index (κ3) is 9.00. The quantitative estimate of drug-likeness (QED) is 0.349. The van der Waals surface area contributed by atoms with Crippen LogP contribution in [-0.2, 0) is 11.3 Å². The van der Waals surface area contributed by atoms with E-state index in [1.807, 2.05) is 32.0 Å². The largest absolute Gasteiger partial charge is 0.490 e. The van der Waals surface area contributed by atoms with Crippen molar-refractivity contribution in [1.82, 2.24) is 14.8 Å². The first-order chi connectivity index (χ1) is 22.7. The molecule has 47 heavy (non-hydrogen) atoms. The summed E-state index contributed by atoms with van der Waals surface area (Å²) in [4.78, 5) is 35.2. The molecule has 0 saturated carbocycles. The van der Waals surface area contributed by atoms with Crippen LogP contribution in [0.5, 0.6) is 17.2 Å². The average molecular weight is 647 g/mol. The first-order valence-electron chi connectivity index (χ1n) is 16.3. The molecule has 0 bridgehead atoms. The number of aliphatic hydroxyl groups is 1. The third-order valence-corrected chi connectivity index (χ3v) is 8.63. The number of anilines is 1. The second kappa shape index (κ2) is 16.1. The van der Waals surface area contributed by atoms with Crippen molar-refractivity contribution in [2.75, 3.05) is 45.5 Å². The van der Waals surface area contributed by atoms with Crippen molar-refractivity contribution in [3.05, 3.63) is 77.6 Å². The van der Waals surface area contributed by atoms with E-state index < -0.39 is 6.04 Å². The van der Waals surface area contributed by atoms with Crippen LogP contribution < -0.4 is 19.5 Å². The molecule has 2 aliphatic rings. The highest BCUT2D eigenvalue weighted by Gasteiger charge is 2.30. The summed E-state index contributed by atoms with van der Waals surface area (Å²) in [5, 5.41) is 13.1. The maximum Gasteiger partial charge on any atom is 0.258 e. The first-order valence-corrected chi connectivity index (χ1v) is 16.3. The van der Waals surface area contributed by atoms with Crippen molar-refractivity contribution in [1.29, 1.82) is 0 Å². The van der Waals surface area contributed by atoms with E-state index in [0.29, 0.717) is 48.8 Å². The molecule has 3 aromatic rings. The zero-order chi connectivity index (χ0) is 33.3. The van der Waals surface area contributed by atoms with Crippen molar-refractivity contribution in [2.45, 2.75) is 64.8 Å². The van der Waals surface area contributed by atoms with Crippen LogP contribution in [0.25, 0.3) is 0 Å². The Labute approximate surface area is 276 Å². The van der Waals surface area contributed by atoms with Crippen LogP contribution >= 0.6 is 0 Å². The molecule has 11 heteroatoms. The molecule has 0 radical (unpaired) electrons. The molecule has 2 aromatic carbocycles. The minimum absolute atomic E-state index is 0.0621. The summed E-state index contributed by atoms with van der Waals surface area (Å²) in [5.74, 6) is 1.29. The fourth-order valence-electron chi connectivity index (χ4n) is 5.89. The Bertz CT molecular complexity index is 1500. The number of rotatable bonds is 8. The van der Waals surface area contributed by atoms with Gasteiger partial charge in [-0.05, 0) is 88.2 Å². The van der Waals surface area contributed by atoms with Gasteiger partial charge in [0, 0.05) is 55.8 Å². The van der Waals surface area contributed by atoms with E-state index in [1.165, 1.54) is 0 Å². The normalized spacial score (nSPS) is 21.0. The molecule has 4 atom stereocenters. The summed E-state index contributed by atoms with van der Waals surface area (Å²) >= 11 is 0. The topological polar surface area (TPSA) is 123 Å². The van der Waals surface area contributed by atoms with Crippen molar-refractivity contribution in [3.63, 3.8) is 0 Å². The summed E-state index contributed by atoms with van der Waals surface area (Å²) in [5.41, 5.74) is 2.35. The molecule has 2 N–H and O–H groups in total. The number of carbonyl (C=O) groups is 2. The molecule has 0 unspecified atom stereocenters. The smallest absolute Gasteiger partial charge is 0.258 e. The first kappa shape index (κ1) is 34.2. The summed E-state index contributed by atoms with van der Waals surface area (Å²) < 4.78 is 23.8. The third-order valence-electron chi connectivity index (χ3n) is 8.63. The molecule has 0 saturated heterocycles. The van der Waals surface area contributed by atoms with Gasteiger partial charge in [0.05, 0.1) is 30.4 Å². The summed E-state index contributed by atoms with van der Waals surface area (Å²) in [6.07, 6.45) is 5.37. The Morgan fingerprint density at radius 3 is 2.62 bits per heavy atom. The molecule has 2 amide bonds. The van der Waals surface area contributed by atoms with Gasteiger partial charge in [-0.1, -0.05) is 13.0 Å². The van der Waals surface area contributed by atoms with E-state index >= 15 is 0 Å². The van der Waals surface area contributed by atoms with Crippen LogP contribution in [0.2, 0.25) is 0 Å². The predicted molar refractivity (Wildman–Crippen MR) is 178 cm³/mol. The number of pyridine rings is 1. The number of nitrogens with one attached hydrogen (secondary N) is 1. The van der Waals surface area contributed by atoms with Gasteiger partial charge in [0.15, 0.2) is 11.5 Å². The Balaban J connectivity index is 1.38. The Morgan fingerprint density at radius 1 is 1.06 bits per heavy atom. The maximum absolute atomic E-state index is 14.4. The number of aromatic nitrogens is 1. The fraction of sp³-hybridized carbons (Fsp3) is 0.472. The standard InChI is InChI=1S/C36H46N4O7/c1-24-19-40(25(2)22-41)36(43)30-18-29(38-35(42)28-12-14-37-15-13-28)9-11-31(30)47-26(3)7-5-6-16-44-34(24)21-39(4)20-27-8-10-32-33(17-27)46-23-45-32/h8-15,17-18,24-26,34,41H,5-7,16,19-23H2,1-4H3,(H,38,42)/t24-,25-,26+,34-/m0/s1. The van der Waals surface area contributed by atoms with Crippen LogP contribution in [-0.4, -0.2) is 90.1 Å². The van der Waals surface area contributed by atoms with E-state index in [2.05, 4.69) is 29.2 Å². The van der Waals surface area contributed by atoms with Gasteiger partial charge in [-0.25, -0.2) is 0 Å². The molecular formula is C36H46N4O7. The fourth-order valence-corrected chi connectivity index (χ4v) is 5.89. The summed E-state index contributed by atoms with van der Waals surface area (Å²) in [6, 6.07) is 13.9. The maximum atomic E-state index is 14.4. The van der Waals surface area contributed by atoms with Gasteiger partial charge in [-0.3, -0.25) is 19.5 Å². The molecule has 2 aliphatic heterocycles. The zero-order valence-corrected chi connectivity index (χ0v) is 27.7. The Hall–Kier alpha value is -4.19. The number of fused-ring (bicyclic) bond motifs is 2. The van der Waals surface area contributed by atoms with Gasteiger partial charge in [0.2, 0.25) is 6.79 Å². The van der Waals surface area contributed by atoms with Crippen LogP contribution in [0, 0.1) is 5.92 Å². The second-order valence-corrected chi connectivity index (χ2v) is 12.6. The lowest BCUT2D eigenvalue weighted by atomic mass is 10.0. The van der Waals surface area contributed by atoms with Gasteiger partial charge < -0.3 is 34.3 Å². The van der Waals surface area contributed by atoms with Crippen molar-refractivity contribution in [2.24, 2.45) is 5.92 Å². The molecule has 0 aliphatic carbocycles. The highest BCUT2D eigenvalue weighted by atomic mass is 16.7. The number of aliphatic hydroxyl groups excluding tert-OH is 1. The molecule has 252 valence electrons. The van der Waals surface area contributed by atoms with Crippen molar-refractivity contribution < 1.29 is 33.6 Å². The lowest BCUT2D eigenvalue weighted by Crippen LogP contribution is -2.47. The van der Waals surface area contributed by atoms with Crippen LogP contribution in [0.3, 0.4) is 0 Å². The molecular weight excluding hydrogens is 600 g/mol. The van der Waals surface area contributed by atoms with E-state index in [0.717, 1.165) is 36.3 Å². The number of nitrogens with zero attached hydrogens (tertiary/aromatic N) is 3. The minimum atomic E-state index is -0.467. The molecule has 0 fully saturated rings. The van der Waals surface area contributed by atoms with Crippen molar-refractivity contribution in [3.8, 4) is 17.2 Å². The van der Waals surface area contributed by atoms with Crippen LogP contribution in [0.4, 0.5) is 5.69 Å². The molecule has 0 spiro atoms. The van der Waals surface area contributed by atoms with Gasteiger partial charge in [-0.15, -0.1) is 0 Å². The predicted octanol–water partition coefficient (Wildman–Crippen LogP) is 4.99. The van der Waals surface area contributed by atoms with Gasteiger partial charge in [-0.2, -0.15) is 0 Å². The van der Waals surface area contributed by atoms with E-state index in [9.17, 15) is 14.7 Å². The van der Waals surface area contributed by atoms with E-state index in [1.54, 1.807) is 47.6 Å². The van der Waals surface area contributed by atoms with Crippen LogP contribution in [0.15, 0.2) is 60.9 Å². The number of likely N-dealkylation sites (N-methyl/N-ethyl adjacent to an activating group) is 1.